The van der Waals surface area contributed by atoms with Crippen molar-refractivity contribution in [3.05, 3.63) is 29.8 Å². The van der Waals surface area contributed by atoms with Crippen LogP contribution in [0.1, 0.15) is 26.3 Å². The Labute approximate surface area is 154 Å². The van der Waals surface area contributed by atoms with Gasteiger partial charge in [0.05, 0.1) is 26.2 Å². The van der Waals surface area contributed by atoms with E-state index in [9.17, 15) is 9.59 Å². The summed E-state index contributed by atoms with van der Waals surface area (Å²) in [6, 6.07) is 7.46. The van der Waals surface area contributed by atoms with E-state index in [1.807, 2.05) is 45.0 Å². The van der Waals surface area contributed by atoms with Gasteiger partial charge in [-0.1, -0.05) is 12.1 Å². The third-order valence-electron chi connectivity index (χ3n) is 3.88. The lowest BCUT2D eigenvalue weighted by Gasteiger charge is -2.33. The Hall–Kier alpha value is -2.28. The van der Waals surface area contributed by atoms with E-state index in [0.717, 1.165) is 11.3 Å². The molecule has 2 rings (SSSR count). The number of amides is 2. The van der Waals surface area contributed by atoms with Crippen LogP contribution in [0.25, 0.3) is 0 Å². The Balaban J connectivity index is 1.81. The molecular formula is C19H28N2O5. The maximum absolute atomic E-state index is 12.5. The lowest BCUT2D eigenvalue weighted by atomic mass is 10.1. The van der Waals surface area contributed by atoms with Gasteiger partial charge in [-0.05, 0) is 38.5 Å². The van der Waals surface area contributed by atoms with E-state index in [1.165, 1.54) is 0 Å². The van der Waals surface area contributed by atoms with E-state index in [-0.39, 0.29) is 12.0 Å². The number of hydrogen-bond donors (Lipinski definition) is 1. The smallest absolute Gasteiger partial charge is 0.407 e. The van der Waals surface area contributed by atoms with E-state index in [4.69, 9.17) is 14.2 Å². The second-order valence-electron chi connectivity index (χ2n) is 7.24. The Kier molecular flexibility index (Phi) is 6.85. The molecule has 1 N–H and O–H groups in total. The lowest BCUT2D eigenvalue weighted by molar-refractivity contribution is -0.137. The van der Waals surface area contributed by atoms with Crippen molar-refractivity contribution in [3.8, 4) is 5.75 Å². The minimum Gasteiger partial charge on any atom is -0.497 e. The number of carbonyl (C=O) groups excluding carboxylic acids is 2. The van der Waals surface area contributed by atoms with Crippen molar-refractivity contribution in [2.75, 3.05) is 33.4 Å². The average Bonchev–Trinajstić information content (AvgIpc) is 2.59. The first-order valence-electron chi connectivity index (χ1n) is 8.76. The number of ether oxygens (including phenoxy) is 3. The molecule has 0 bridgehead atoms. The first-order chi connectivity index (χ1) is 12.3. The molecule has 7 nitrogen and oxygen atoms in total. The summed E-state index contributed by atoms with van der Waals surface area (Å²) in [4.78, 5) is 26.0. The molecule has 1 aromatic rings. The quantitative estimate of drug-likeness (QED) is 0.865. The lowest BCUT2D eigenvalue weighted by Crippen LogP contribution is -2.50. The van der Waals surface area contributed by atoms with Crippen LogP contribution in [0, 0.1) is 0 Å². The first kappa shape index (κ1) is 20.0. The first-order valence-corrected chi connectivity index (χ1v) is 8.76. The summed E-state index contributed by atoms with van der Waals surface area (Å²) < 4.78 is 16.0. The maximum atomic E-state index is 12.5. The van der Waals surface area contributed by atoms with Gasteiger partial charge in [-0.2, -0.15) is 0 Å². The SMILES string of the molecule is COc1ccc(CC(=O)N2CCO[C@@H](CNC(=O)OC(C)(C)C)C2)cc1. The molecule has 1 heterocycles. The van der Waals surface area contributed by atoms with Gasteiger partial charge in [-0.25, -0.2) is 4.79 Å². The van der Waals surface area contributed by atoms with Crippen LogP contribution in [-0.4, -0.2) is 62.0 Å². The Bertz CT molecular complexity index is 609. The monoisotopic (exact) mass is 364 g/mol. The summed E-state index contributed by atoms with van der Waals surface area (Å²) >= 11 is 0. The van der Waals surface area contributed by atoms with Crippen LogP contribution in [0.3, 0.4) is 0 Å². The summed E-state index contributed by atoms with van der Waals surface area (Å²) in [7, 11) is 1.61. The van der Waals surface area contributed by atoms with Crippen LogP contribution in [0.4, 0.5) is 4.79 Å². The molecule has 144 valence electrons. The number of carbonyl (C=O) groups is 2. The molecule has 7 heteroatoms. The van der Waals surface area contributed by atoms with E-state index >= 15 is 0 Å². The van der Waals surface area contributed by atoms with Gasteiger partial charge in [0.25, 0.3) is 0 Å². The number of morpholine rings is 1. The minimum atomic E-state index is -0.544. The highest BCUT2D eigenvalue weighted by molar-refractivity contribution is 5.79. The molecule has 0 spiro atoms. The van der Waals surface area contributed by atoms with Gasteiger partial charge in [0, 0.05) is 19.6 Å². The molecule has 2 amide bonds. The van der Waals surface area contributed by atoms with Crippen LogP contribution in [-0.2, 0) is 20.7 Å². The van der Waals surface area contributed by atoms with Crippen LogP contribution in [0.5, 0.6) is 5.75 Å². The molecule has 0 aliphatic carbocycles. The van der Waals surface area contributed by atoms with Gasteiger partial charge in [-0.3, -0.25) is 4.79 Å². The van der Waals surface area contributed by atoms with E-state index in [0.29, 0.717) is 32.7 Å². The maximum Gasteiger partial charge on any atom is 0.407 e. The second-order valence-corrected chi connectivity index (χ2v) is 7.24. The molecule has 1 aromatic carbocycles. The van der Waals surface area contributed by atoms with Gasteiger partial charge in [0.1, 0.15) is 11.4 Å². The standard InChI is InChI=1S/C19H28N2O5/c1-19(2,3)26-18(23)20-12-16-13-21(9-10-25-16)17(22)11-14-5-7-15(24-4)8-6-14/h5-8,16H,9-13H2,1-4H3,(H,20,23)/t16-/m0/s1. The van der Waals surface area contributed by atoms with Gasteiger partial charge in [-0.15, -0.1) is 0 Å². The fraction of sp³-hybridized carbons (Fsp3) is 0.579. The summed E-state index contributed by atoms with van der Waals surface area (Å²) in [6.07, 6.45) is -0.394. The van der Waals surface area contributed by atoms with Crippen LogP contribution >= 0.6 is 0 Å². The molecule has 26 heavy (non-hydrogen) atoms. The molecule has 1 aliphatic rings. The second kappa shape index (κ2) is 8.89. The third-order valence-corrected chi connectivity index (χ3v) is 3.88. The van der Waals surface area contributed by atoms with E-state index < -0.39 is 11.7 Å². The van der Waals surface area contributed by atoms with Crippen molar-refractivity contribution in [2.45, 2.75) is 38.9 Å². The summed E-state index contributed by atoms with van der Waals surface area (Å²) in [6.45, 7) is 7.19. The van der Waals surface area contributed by atoms with E-state index in [1.54, 1.807) is 12.0 Å². The molecule has 1 saturated heterocycles. The van der Waals surface area contributed by atoms with Crippen molar-refractivity contribution in [3.63, 3.8) is 0 Å². The zero-order chi connectivity index (χ0) is 19.2. The van der Waals surface area contributed by atoms with Crippen molar-refractivity contribution < 1.29 is 23.8 Å². The Morgan fingerprint density at radius 1 is 1.27 bits per heavy atom. The highest BCUT2D eigenvalue weighted by Crippen LogP contribution is 2.14. The molecule has 0 radical (unpaired) electrons. The summed E-state index contributed by atoms with van der Waals surface area (Å²) in [5.74, 6) is 0.807. The van der Waals surface area contributed by atoms with Crippen molar-refractivity contribution in [1.29, 1.82) is 0 Å². The highest BCUT2D eigenvalue weighted by Gasteiger charge is 2.25. The number of hydrogen-bond acceptors (Lipinski definition) is 5. The number of benzene rings is 1. The predicted molar refractivity (Wildman–Crippen MR) is 97.3 cm³/mol. The van der Waals surface area contributed by atoms with Crippen LogP contribution in [0.15, 0.2) is 24.3 Å². The predicted octanol–water partition coefficient (Wildman–Crippen LogP) is 1.99. The van der Waals surface area contributed by atoms with Gasteiger partial charge in [0.2, 0.25) is 5.91 Å². The molecular weight excluding hydrogens is 336 g/mol. The number of rotatable bonds is 5. The van der Waals surface area contributed by atoms with E-state index in [2.05, 4.69) is 5.32 Å². The molecule has 0 unspecified atom stereocenters. The zero-order valence-corrected chi connectivity index (χ0v) is 15.9. The fourth-order valence-electron chi connectivity index (χ4n) is 2.61. The zero-order valence-electron chi connectivity index (χ0n) is 15.9. The van der Waals surface area contributed by atoms with Gasteiger partial charge < -0.3 is 24.4 Å². The van der Waals surface area contributed by atoms with Crippen molar-refractivity contribution >= 4 is 12.0 Å². The number of nitrogens with zero attached hydrogens (tertiary/aromatic N) is 1. The summed E-state index contributed by atoms with van der Waals surface area (Å²) in [5, 5.41) is 2.69. The Morgan fingerprint density at radius 2 is 1.96 bits per heavy atom. The average molecular weight is 364 g/mol. The van der Waals surface area contributed by atoms with Crippen LogP contribution < -0.4 is 10.1 Å². The topological polar surface area (TPSA) is 77.1 Å². The highest BCUT2D eigenvalue weighted by atomic mass is 16.6. The van der Waals surface area contributed by atoms with Crippen molar-refractivity contribution in [1.82, 2.24) is 10.2 Å². The minimum absolute atomic E-state index is 0.0423. The number of nitrogens with one attached hydrogen (secondary N) is 1. The molecule has 1 aliphatic heterocycles. The normalized spacial score (nSPS) is 17.5. The molecule has 1 fully saturated rings. The van der Waals surface area contributed by atoms with Crippen molar-refractivity contribution in [2.24, 2.45) is 0 Å². The largest absolute Gasteiger partial charge is 0.497 e. The fourth-order valence-corrected chi connectivity index (χ4v) is 2.61. The molecule has 1 atom stereocenters. The van der Waals surface area contributed by atoms with Crippen LogP contribution in [0.2, 0.25) is 0 Å². The third kappa shape index (κ3) is 6.55. The Morgan fingerprint density at radius 3 is 2.58 bits per heavy atom. The molecule has 0 aromatic heterocycles. The number of methoxy groups -OCH3 is 1. The summed E-state index contributed by atoms with van der Waals surface area (Å²) in [5.41, 5.74) is 0.392. The van der Waals surface area contributed by atoms with Gasteiger partial charge in [0.15, 0.2) is 0 Å². The van der Waals surface area contributed by atoms with Gasteiger partial charge >= 0.3 is 6.09 Å². The number of alkyl carbamates (subject to hydrolysis) is 1. The molecule has 0 saturated carbocycles.